The van der Waals surface area contributed by atoms with Crippen LogP contribution in [0.25, 0.3) is 0 Å². The summed E-state index contributed by atoms with van der Waals surface area (Å²) in [5, 5.41) is 2.20. The van der Waals surface area contributed by atoms with Gasteiger partial charge < -0.3 is 10.5 Å². The van der Waals surface area contributed by atoms with E-state index >= 15 is 0 Å². The molecule has 0 amide bonds. The van der Waals surface area contributed by atoms with Gasteiger partial charge in [-0.3, -0.25) is 4.90 Å². The summed E-state index contributed by atoms with van der Waals surface area (Å²) in [4.78, 5) is 4.02. The molecular formula is C16H20N2OS. The molecule has 0 saturated heterocycles. The second kappa shape index (κ2) is 5.95. The van der Waals surface area contributed by atoms with Crippen LogP contribution in [-0.4, -0.2) is 18.6 Å². The number of thiophene rings is 1. The van der Waals surface area contributed by atoms with Crippen LogP contribution in [0.3, 0.4) is 0 Å². The number of fused-ring (bicyclic) bond motifs is 1. The van der Waals surface area contributed by atoms with E-state index < -0.39 is 0 Å². The van der Waals surface area contributed by atoms with E-state index in [2.05, 4.69) is 22.4 Å². The number of methoxy groups -OCH3 is 1. The maximum Gasteiger partial charge on any atom is 0.123 e. The molecule has 3 nitrogen and oxygen atoms in total. The van der Waals surface area contributed by atoms with Crippen molar-refractivity contribution in [2.45, 2.75) is 26.1 Å². The molecule has 2 aromatic rings. The average Bonchev–Trinajstić information content (AvgIpc) is 2.94. The first-order valence-corrected chi connectivity index (χ1v) is 7.81. The van der Waals surface area contributed by atoms with Crippen molar-refractivity contribution in [1.29, 1.82) is 0 Å². The Hall–Kier alpha value is -1.36. The number of benzene rings is 1. The fourth-order valence-corrected chi connectivity index (χ4v) is 3.65. The number of nitrogens with zero attached hydrogens (tertiary/aromatic N) is 1. The lowest BCUT2D eigenvalue weighted by Crippen LogP contribution is -2.29. The van der Waals surface area contributed by atoms with Gasteiger partial charge in [0.25, 0.3) is 0 Å². The molecule has 20 heavy (non-hydrogen) atoms. The lowest BCUT2D eigenvalue weighted by atomic mass is 10.1. The van der Waals surface area contributed by atoms with E-state index in [-0.39, 0.29) is 0 Å². The molecule has 3 rings (SSSR count). The molecule has 1 aromatic carbocycles. The molecule has 1 aliphatic heterocycles. The number of nitrogens with two attached hydrogens (primary N) is 1. The smallest absolute Gasteiger partial charge is 0.123 e. The molecule has 1 aliphatic rings. The van der Waals surface area contributed by atoms with Crippen LogP contribution in [0.2, 0.25) is 0 Å². The molecule has 0 unspecified atom stereocenters. The summed E-state index contributed by atoms with van der Waals surface area (Å²) < 4.78 is 5.48. The third kappa shape index (κ3) is 2.73. The minimum atomic E-state index is 0.575. The van der Waals surface area contributed by atoms with Crippen LogP contribution in [0.4, 0.5) is 0 Å². The van der Waals surface area contributed by atoms with Gasteiger partial charge in [0.1, 0.15) is 5.75 Å². The van der Waals surface area contributed by atoms with Crippen molar-refractivity contribution < 1.29 is 4.74 Å². The maximum atomic E-state index is 5.74. The zero-order chi connectivity index (χ0) is 13.9. The Kier molecular flexibility index (Phi) is 4.05. The highest BCUT2D eigenvalue weighted by molar-refractivity contribution is 7.10. The van der Waals surface area contributed by atoms with E-state index in [1.165, 1.54) is 11.1 Å². The highest BCUT2D eigenvalue weighted by Gasteiger charge is 2.18. The zero-order valence-electron chi connectivity index (χ0n) is 11.8. The summed E-state index contributed by atoms with van der Waals surface area (Å²) in [6.45, 7) is 3.65. The number of hydrogen-bond donors (Lipinski definition) is 1. The van der Waals surface area contributed by atoms with Crippen LogP contribution >= 0.6 is 11.3 Å². The highest BCUT2D eigenvalue weighted by Crippen LogP contribution is 2.27. The predicted molar refractivity (Wildman–Crippen MR) is 83.0 cm³/mol. The van der Waals surface area contributed by atoms with E-state index in [0.29, 0.717) is 6.54 Å². The van der Waals surface area contributed by atoms with Gasteiger partial charge in [0.05, 0.1) is 7.11 Å². The fraction of sp³-hybridized carbons (Fsp3) is 0.375. The van der Waals surface area contributed by atoms with Gasteiger partial charge >= 0.3 is 0 Å². The van der Waals surface area contributed by atoms with Crippen molar-refractivity contribution in [3.63, 3.8) is 0 Å². The van der Waals surface area contributed by atoms with E-state index in [9.17, 15) is 0 Å². The Morgan fingerprint density at radius 3 is 3.05 bits per heavy atom. The minimum absolute atomic E-state index is 0.575. The van der Waals surface area contributed by atoms with Gasteiger partial charge in [-0.05, 0) is 41.1 Å². The third-order valence-electron chi connectivity index (χ3n) is 3.86. The van der Waals surface area contributed by atoms with Crippen molar-refractivity contribution in [3.05, 3.63) is 51.2 Å². The van der Waals surface area contributed by atoms with Gasteiger partial charge in [-0.15, -0.1) is 11.3 Å². The number of ether oxygens (including phenoxy) is 1. The monoisotopic (exact) mass is 288 g/mol. The average molecular weight is 288 g/mol. The first kappa shape index (κ1) is 13.6. The standard InChI is InChI=1S/C16H20N2OS/c1-19-15-3-2-12(9-17)8-14(15)11-18-6-4-16-13(10-18)5-7-20-16/h2-3,5,7-8H,4,6,9-11,17H2,1H3. The van der Waals surface area contributed by atoms with Crippen molar-refractivity contribution in [2.24, 2.45) is 5.73 Å². The van der Waals surface area contributed by atoms with Crippen LogP contribution < -0.4 is 10.5 Å². The molecular weight excluding hydrogens is 268 g/mol. The number of hydrogen-bond acceptors (Lipinski definition) is 4. The summed E-state index contributed by atoms with van der Waals surface area (Å²) in [5.41, 5.74) is 9.61. The fourth-order valence-electron chi connectivity index (χ4n) is 2.77. The van der Waals surface area contributed by atoms with Crippen LogP contribution in [-0.2, 0) is 26.1 Å². The quantitative estimate of drug-likeness (QED) is 0.940. The minimum Gasteiger partial charge on any atom is -0.496 e. The zero-order valence-corrected chi connectivity index (χ0v) is 12.6. The molecule has 2 heterocycles. The van der Waals surface area contributed by atoms with E-state index in [4.69, 9.17) is 10.5 Å². The first-order chi connectivity index (χ1) is 9.80. The lowest BCUT2D eigenvalue weighted by molar-refractivity contribution is 0.243. The topological polar surface area (TPSA) is 38.5 Å². The van der Waals surface area contributed by atoms with Crippen molar-refractivity contribution >= 4 is 11.3 Å². The molecule has 0 saturated carbocycles. The van der Waals surface area contributed by atoms with Gasteiger partial charge in [-0.2, -0.15) is 0 Å². The molecule has 0 radical (unpaired) electrons. The van der Waals surface area contributed by atoms with Gasteiger partial charge in [-0.25, -0.2) is 0 Å². The molecule has 4 heteroatoms. The largest absolute Gasteiger partial charge is 0.496 e. The van der Waals surface area contributed by atoms with Crippen LogP contribution in [0.15, 0.2) is 29.6 Å². The molecule has 0 atom stereocenters. The first-order valence-electron chi connectivity index (χ1n) is 6.93. The normalized spacial score (nSPS) is 15.1. The SMILES string of the molecule is COc1ccc(CN)cc1CN1CCc2sccc2C1. The summed E-state index contributed by atoms with van der Waals surface area (Å²) in [7, 11) is 1.73. The molecule has 0 fully saturated rings. The number of rotatable bonds is 4. The predicted octanol–water partition coefficient (Wildman–Crippen LogP) is 2.77. The third-order valence-corrected chi connectivity index (χ3v) is 4.88. The van der Waals surface area contributed by atoms with Crippen molar-refractivity contribution in [1.82, 2.24) is 4.90 Å². The summed E-state index contributed by atoms with van der Waals surface area (Å²) in [6, 6.07) is 8.48. The Bertz CT molecular complexity index is 594. The van der Waals surface area contributed by atoms with Crippen LogP contribution in [0.1, 0.15) is 21.6 Å². The Morgan fingerprint density at radius 2 is 2.25 bits per heavy atom. The van der Waals surface area contributed by atoms with Gasteiger partial charge in [0, 0.05) is 36.6 Å². The van der Waals surface area contributed by atoms with E-state index in [0.717, 1.165) is 37.4 Å². The highest BCUT2D eigenvalue weighted by atomic mass is 32.1. The van der Waals surface area contributed by atoms with Gasteiger partial charge in [-0.1, -0.05) is 6.07 Å². The molecule has 2 N–H and O–H groups in total. The Balaban J connectivity index is 1.78. The molecule has 0 spiro atoms. The van der Waals surface area contributed by atoms with E-state index in [1.807, 2.05) is 23.5 Å². The van der Waals surface area contributed by atoms with Gasteiger partial charge in [0.15, 0.2) is 0 Å². The van der Waals surface area contributed by atoms with Gasteiger partial charge in [0.2, 0.25) is 0 Å². The summed E-state index contributed by atoms with van der Waals surface area (Å²) in [5.74, 6) is 0.957. The van der Waals surface area contributed by atoms with Crippen LogP contribution in [0.5, 0.6) is 5.75 Å². The molecule has 0 aliphatic carbocycles. The van der Waals surface area contributed by atoms with Crippen molar-refractivity contribution in [3.8, 4) is 5.75 Å². The summed E-state index contributed by atoms with van der Waals surface area (Å²) in [6.07, 6.45) is 1.16. The Labute approximate surface area is 124 Å². The van der Waals surface area contributed by atoms with E-state index in [1.54, 1.807) is 12.0 Å². The molecule has 0 bridgehead atoms. The second-order valence-electron chi connectivity index (χ2n) is 5.18. The lowest BCUT2D eigenvalue weighted by Gasteiger charge is -2.27. The van der Waals surface area contributed by atoms with Crippen molar-refractivity contribution in [2.75, 3.05) is 13.7 Å². The Morgan fingerprint density at radius 1 is 1.35 bits per heavy atom. The molecule has 1 aromatic heterocycles. The summed E-state index contributed by atoms with van der Waals surface area (Å²) >= 11 is 1.88. The molecule has 106 valence electrons. The second-order valence-corrected chi connectivity index (χ2v) is 6.18. The maximum absolute atomic E-state index is 5.74. The van der Waals surface area contributed by atoms with Crippen LogP contribution in [0, 0.1) is 0 Å².